The molecule has 6 rings (SSSR count). The minimum absolute atomic E-state index is 0.168. The Morgan fingerprint density at radius 2 is 1.95 bits per heavy atom. The molecule has 0 radical (unpaired) electrons. The lowest BCUT2D eigenvalue weighted by molar-refractivity contribution is -0.133. The first-order valence-corrected chi connectivity index (χ1v) is 13.8. The van der Waals surface area contributed by atoms with Gasteiger partial charge in [0.1, 0.15) is 11.5 Å². The summed E-state index contributed by atoms with van der Waals surface area (Å²) in [5.41, 5.74) is 4.21. The van der Waals surface area contributed by atoms with Gasteiger partial charge in [0.25, 0.3) is 0 Å². The Balaban J connectivity index is 1.26. The van der Waals surface area contributed by atoms with E-state index >= 15 is 0 Å². The predicted molar refractivity (Wildman–Crippen MR) is 149 cm³/mol. The maximum atomic E-state index is 12.6. The molecule has 4 aromatic rings. The van der Waals surface area contributed by atoms with Gasteiger partial charge in [0.05, 0.1) is 18.3 Å². The monoisotopic (exact) mass is 512 g/mol. The molecule has 0 unspecified atom stereocenters. The fourth-order valence-electron chi connectivity index (χ4n) is 5.85. The number of amides is 1. The summed E-state index contributed by atoms with van der Waals surface area (Å²) in [6.45, 7) is 7.02. The van der Waals surface area contributed by atoms with Crippen molar-refractivity contribution < 1.29 is 4.79 Å². The van der Waals surface area contributed by atoms with Crippen molar-refractivity contribution in [1.82, 2.24) is 34.3 Å². The van der Waals surface area contributed by atoms with Crippen molar-refractivity contribution >= 4 is 39.6 Å². The molecule has 0 atom stereocenters. The third kappa shape index (κ3) is 4.71. The molecular formula is C29H36N8O. The summed E-state index contributed by atoms with van der Waals surface area (Å²) in [6, 6.07) is 6.51. The highest BCUT2D eigenvalue weighted by atomic mass is 16.2. The lowest BCUT2D eigenvalue weighted by Crippen LogP contribution is -2.41. The summed E-state index contributed by atoms with van der Waals surface area (Å²) in [7, 11) is 1.97. The molecule has 1 fully saturated rings. The fourth-order valence-corrected chi connectivity index (χ4v) is 5.85. The van der Waals surface area contributed by atoms with Crippen LogP contribution in [0.1, 0.15) is 56.8 Å². The van der Waals surface area contributed by atoms with Gasteiger partial charge in [-0.3, -0.25) is 14.7 Å². The zero-order valence-electron chi connectivity index (χ0n) is 22.5. The van der Waals surface area contributed by atoms with Crippen molar-refractivity contribution in [2.75, 3.05) is 32.0 Å². The second kappa shape index (κ2) is 10.3. The minimum Gasteiger partial charge on any atom is -0.337 e. The molecule has 38 heavy (non-hydrogen) atoms. The largest absolute Gasteiger partial charge is 0.337 e. The molecule has 1 aliphatic heterocycles. The van der Waals surface area contributed by atoms with Gasteiger partial charge < -0.3 is 14.8 Å². The molecule has 0 bridgehead atoms. The third-order valence-corrected chi connectivity index (χ3v) is 8.28. The predicted octanol–water partition coefficient (Wildman–Crippen LogP) is 4.71. The molecule has 0 saturated heterocycles. The Morgan fingerprint density at radius 1 is 1.11 bits per heavy atom. The molecule has 9 nitrogen and oxygen atoms in total. The molecular weight excluding hydrogens is 476 g/mol. The third-order valence-electron chi connectivity index (χ3n) is 8.28. The number of anilines is 2. The zero-order chi connectivity index (χ0) is 26.2. The first kappa shape index (κ1) is 24.7. The molecule has 2 aliphatic rings. The van der Waals surface area contributed by atoms with E-state index in [1.165, 1.54) is 12.8 Å². The average molecular weight is 513 g/mol. The van der Waals surface area contributed by atoms with Crippen LogP contribution in [-0.4, -0.2) is 66.9 Å². The van der Waals surface area contributed by atoms with Crippen LogP contribution in [-0.2, 0) is 17.8 Å². The lowest BCUT2D eigenvalue weighted by atomic mass is 9.87. The number of carbonyl (C=O) groups excluding carboxylic acids is 1. The number of nitrogens with one attached hydrogen (secondary N) is 1. The van der Waals surface area contributed by atoms with Crippen LogP contribution in [0.15, 0.2) is 36.8 Å². The van der Waals surface area contributed by atoms with Crippen LogP contribution in [0.4, 0.5) is 11.8 Å². The van der Waals surface area contributed by atoms with Crippen molar-refractivity contribution in [3.63, 3.8) is 0 Å². The maximum absolute atomic E-state index is 12.6. The number of fused-ring (bicyclic) bond motifs is 4. The van der Waals surface area contributed by atoms with E-state index in [4.69, 9.17) is 9.97 Å². The number of aromatic nitrogens is 5. The number of hydrogen-bond acceptors (Lipinski definition) is 7. The van der Waals surface area contributed by atoms with Crippen LogP contribution >= 0.6 is 0 Å². The maximum Gasteiger partial charge on any atom is 0.237 e. The molecule has 1 saturated carbocycles. The number of hydrogen-bond donors (Lipinski definition) is 1. The first-order chi connectivity index (χ1) is 18.5. The summed E-state index contributed by atoms with van der Waals surface area (Å²) < 4.78 is 2.39. The Bertz CT molecular complexity index is 1470. The van der Waals surface area contributed by atoms with Gasteiger partial charge in [-0.2, -0.15) is 4.98 Å². The van der Waals surface area contributed by atoms with Crippen molar-refractivity contribution in [1.29, 1.82) is 0 Å². The van der Waals surface area contributed by atoms with E-state index in [1.54, 1.807) is 0 Å². The highest BCUT2D eigenvalue weighted by molar-refractivity contribution is 6.06. The molecule has 1 N–H and O–H groups in total. The van der Waals surface area contributed by atoms with Gasteiger partial charge in [0, 0.05) is 54.4 Å². The van der Waals surface area contributed by atoms with E-state index in [0.717, 1.165) is 70.7 Å². The lowest BCUT2D eigenvalue weighted by Gasteiger charge is -2.30. The van der Waals surface area contributed by atoms with Crippen molar-refractivity contribution in [2.45, 2.75) is 58.5 Å². The molecule has 5 heterocycles. The van der Waals surface area contributed by atoms with E-state index in [1.807, 2.05) is 41.5 Å². The van der Waals surface area contributed by atoms with Gasteiger partial charge in [0.15, 0.2) is 0 Å². The van der Waals surface area contributed by atoms with E-state index in [0.29, 0.717) is 31.6 Å². The quantitative estimate of drug-likeness (QED) is 0.400. The summed E-state index contributed by atoms with van der Waals surface area (Å²) in [6.07, 6.45) is 11.2. The van der Waals surface area contributed by atoms with E-state index < -0.39 is 0 Å². The topological polar surface area (TPSA) is 92.1 Å². The summed E-state index contributed by atoms with van der Waals surface area (Å²) >= 11 is 0. The molecule has 1 amide bonds. The number of nitrogens with zero attached hydrogens (tertiary/aromatic N) is 7. The Morgan fingerprint density at radius 3 is 2.76 bits per heavy atom. The first-order valence-electron chi connectivity index (χ1n) is 13.8. The van der Waals surface area contributed by atoms with Crippen LogP contribution in [0, 0.1) is 5.92 Å². The van der Waals surface area contributed by atoms with E-state index in [2.05, 4.69) is 45.8 Å². The van der Waals surface area contributed by atoms with Crippen LogP contribution in [0.5, 0.6) is 0 Å². The van der Waals surface area contributed by atoms with Gasteiger partial charge >= 0.3 is 0 Å². The van der Waals surface area contributed by atoms with Crippen LogP contribution in [0.2, 0.25) is 0 Å². The van der Waals surface area contributed by atoms with Gasteiger partial charge in [0.2, 0.25) is 11.9 Å². The van der Waals surface area contributed by atoms with Gasteiger partial charge in [-0.15, -0.1) is 0 Å². The Kier molecular flexibility index (Phi) is 6.69. The molecule has 0 aromatic carbocycles. The van der Waals surface area contributed by atoms with E-state index in [-0.39, 0.29) is 5.91 Å². The highest BCUT2D eigenvalue weighted by Gasteiger charge is 2.25. The molecule has 198 valence electrons. The van der Waals surface area contributed by atoms with Crippen LogP contribution in [0.3, 0.4) is 0 Å². The molecule has 4 aromatic heterocycles. The number of pyridine rings is 2. The smallest absolute Gasteiger partial charge is 0.237 e. The minimum atomic E-state index is 0.168. The van der Waals surface area contributed by atoms with Gasteiger partial charge in [-0.05, 0) is 62.9 Å². The van der Waals surface area contributed by atoms with Crippen molar-refractivity contribution in [3.05, 3.63) is 48.0 Å². The fraction of sp³-hybridized carbons (Fsp3) is 0.483. The van der Waals surface area contributed by atoms with Crippen LogP contribution < -0.4 is 5.32 Å². The van der Waals surface area contributed by atoms with E-state index in [9.17, 15) is 4.79 Å². The number of carbonyl (C=O) groups is 1. The Hall–Kier alpha value is -3.59. The van der Waals surface area contributed by atoms with Crippen molar-refractivity contribution in [3.8, 4) is 0 Å². The highest BCUT2D eigenvalue weighted by Crippen LogP contribution is 2.38. The number of rotatable bonds is 6. The normalized spacial score (nSPS) is 19.7. The zero-order valence-corrected chi connectivity index (χ0v) is 22.5. The summed E-state index contributed by atoms with van der Waals surface area (Å²) in [5.74, 6) is 2.22. The Labute approximate surface area is 223 Å². The van der Waals surface area contributed by atoms with Crippen molar-refractivity contribution in [2.24, 2.45) is 5.92 Å². The average Bonchev–Trinajstić information content (AvgIpc) is 3.26. The second-order valence-corrected chi connectivity index (χ2v) is 10.9. The van der Waals surface area contributed by atoms with Crippen LogP contribution in [0.25, 0.3) is 21.9 Å². The standard InChI is InChI=1S/C29H36N8O/c1-4-35(3)18-27(38)36-14-12-24-20(17-36)7-10-26(32-24)33-29-31-15-23-22-11-13-30-16-25(22)37(28(23)34-29)21-8-5-19(2)6-9-21/h7,10-11,13,15-16,19,21H,4-6,8-9,12,14,17-18H2,1-3H3,(H,31,32,33,34). The molecule has 9 heteroatoms. The second-order valence-electron chi connectivity index (χ2n) is 10.9. The summed E-state index contributed by atoms with van der Waals surface area (Å²) in [5, 5.41) is 5.55. The molecule has 0 spiro atoms. The van der Waals surface area contributed by atoms with Gasteiger partial charge in [-0.25, -0.2) is 9.97 Å². The van der Waals surface area contributed by atoms with Gasteiger partial charge in [-0.1, -0.05) is 19.9 Å². The molecule has 1 aliphatic carbocycles. The number of likely N-dealkylation sites (N-methyl/N-ethyl adjacent to an activating group) is 1. The summed E-state index contributed by atoms with van der Waals surface area (Å²) in [4.78, 5) is 35.5. The SMILES string of the molecule is CCN(C)CC(=O)N1CCc2nc(Nc3ncc4c5ccncc5n(C5CCC(C)CC5)c4n3)ccc2C1.